The molecule has 0 fully saturated rings. The Balaban J connectivity index is 2.03. The number of carbonyl (C=O) groups excluding carboxylic acids is 1. The Morgan fingerprint density at radius 2 is 1.60 bits per heavy atom. The van der Waals surface area contributed by atoms with Gasteiger partial charge in [0.25, 0.3) is 0 Å². The van der Waals surface area contributed by atoms with Crippen LogP contribution in [0, 0.1) is 0 Å². The van der Waals surface area contributed by atoms with Gasteiger partial charge in [0, 0.05) is 16.1 Å². The maximum Gasteiger partial charge on any atom is 0.336 e. The van der Waals surface area contributed by atoms with Crippen molar-refractivity contribution < 1.29 is 9.53 Å². The van der Waals surface area contributed by atoms with Gasteiger partial charge in [0.15, 0.2) is 0 Å². The van der Waals surface area contributed by atoms with Crippen molar-refractivity contribution in [1.82, 2.24) is 0 Å². The first-order valence-electron chi connectivity index (χ1n) is 5.65. The van der Waals surface area contributed by atoms with Gasteiger partial charge in [-0.25, -0.2) is 4.79 Å². The van der Waals surface area contributed by atoms with Crippen LogP contribution >= 0.6 is 34.8 Å². The van der Waals surface area contributed by atoms with Crippen LogP contribution in [0.3, 0.4) is 0 Å². The normalized spacial score (nSPS) is 10.8. The summed E-state index contributed by atoms with van der Waals surface area (Å²) in [6.07, 6.45) is 2.94. The van der Waals surface area contributed by atoms with Gasteiger partial charge in [-0.05, 0) is 42.0 Å². The molecule has 0 aliphatic rings. The van der Waals surface area contributed by atoms with E-state index >= 15 is 0 Å². The number of esters is 1. The van der Waals surface area contributed by atoms with Gasteiger partial charge >= 0.3 is 5.97 Å². The zero-order valence-corrected chi connectivity index (χ0v) is 12.4. The molecule has 0 saturated heterocycles. The standard InChI is InChI=1S/C15H9Cl3O2/c16-11-4-1-10(2-5-11)3-8-15(19)20-14-7-6-12(17)9-13(14)18/h1-9H. The Labute approximate surface area is 131 Å². The quantitative estimate of drug-likeness (QED) is 0.436. The Kier molecular flexibility index (Phi) is 5.07. The van der Waals surface area contributed by atoms with E-state index in [1.807, 2.05) is 0 Å². The summed E-state index contributed by atoms with van der Waals surface area (Å²) in [5.41, 5.74) is 0.841. The molecule has 0 heterocycles. The fourth-order valence-corrected chi connectivity index (χ4v) is 2.01. The van der Waals surface area contributed by atoms with Crippen molar-refractivity contribution in [2.24, 2.45) is 0 Å². The molecule has 0 bridgehead atoms. The maximum absolute atomic E-state index is 11.7. The molecule has 0 aliphatic heterocycles. The second-order valence-corrected chi connectivity index (χ2v) is 5.16. The predicted octanol–water partition coefficient (Wildman–Crippen LogP) is 5.27. The van der Waals surface area contributed by atoms with Gasteiger partial charge in [0.05, 0.1) is 5.02 Å². The van der Waals surface area contributed by atoms with Gasteiger partial charge in [-0.1, -0.05) is 46.9 Å². The van der Waals surface area contributed by atoms with Crippen LogP contribution < -0.4 is 4.74 Å². The van der Waals surface area contributed by atoms with E-state index < -0.39 is 5.97 Å². The number of hydrogen-bond donors (Lipinski definition) is 0. The van der Waals surface area contributed by atoms with E-state index in [0.29, 0.717) is 10.0 Å². The van der Waals surface area contributed by atoms with Crippen molar-refractivity contribution in [2.75, 3.05) is 0 Å². The molecule has 0 aromatic heterocycles. The molecule has 2 aromatic rings. The van der Waals surface area contributed by atoms with Crippen LogP contribution in [0.2, 0.25) is 15.1 Å². The number of halogens is 3. The van der Waals surface area contributed by atoms with Crippen LogP contribution in [0.4, 0.5) is 0 Å². The highest BCUT2D eigenvalue weighted by atomic mass is 35.5. The Morgan fingerprint density at radius 1 is 0.950 bits per heavy atom. The van der Waals surface area contributed by atoms with Gasteiger partial charge in [0.1, 0.15) is 5.75 Å². The van der Waals surface area contributed by atoms with E-state index in [1.54, 1.807) is 42.5 Å². The second-order valence-electron chi connectivity index (χ2n) is 3.88. The molecule has 0 spiro atoms. The lowest BCUT2D eigenvalue weighted by molar-refractivity contribution is -0.128. The minimum Gasteiger partial charge on any atom is -0.422 e. The molecule has 0 N–H and O–H groups in total. The first-order chi connectivity index (χ1) is 9.54. The topological polar surface area (TPSA) is 26.3 Å². The summed E-state index contributed by atoms with van der Waals surface area (Å²) >= 11 is 17.4. The predicted molar refractivity (Wildman–Crippen MR) is 82.6 cm³/mol. The molecule has 2 rings (SSSR count). The summed E-state index contributed by atoms with van der Waals surface area (Å²) in [7, 11) is 0. The summed E-state index contributed by atoms with van der Waals surface area (Å²) < 4.78 is 5.10. The minimum absolute atomic E-state index is 0.266. The van der Waals surface area contributed by atoms with Crippen LogP contribution in [0.15, 0.2) is 48.5 Å². The van der Waals surface area contributed by atoms with Gasteiger partial charge in [-0.3, -0.25) is 0 Å². The van der Waals surface area contributed by atoms with Crippen molar-refractivity contribution in [1.29, 1.82) is 0 Å². The highest BCUT2D eigenvalue weighted by Gasteiger charge is 2.06. The molecule has 102 valence electrons. The van der Waals surface area contributed by atoms with Crippen molar-refractivity contribution in [3.8, 4) is 5.75 Å². The fraction of sp³-hybridized carbons (Fsp3) is 0. The number of hydrogen-bond acceptors (Lipinski definition) is 2. The summed E-state index contributed by atoms with van der Waals surface area (Å²) in [5.74, 6) is -0.258. The number of rotatable bonds is 3. The van der Waals surface area contributed by atoms with Gasteiger partial charge in [0.2, 0.25) is 0 Å². The highest BCUT2D eigenvalue weighted by Crippen LogP contribution is 2.27. The van der Waals surface area contributed by atoms with Crippen molar-refractivity contribution in [3.05, 3.63) is 69.2 Å². The van der Waals surface area contributed by atoms with Crippen LogP contribution in [-0.2, 0) is 4.79 Å². The molecule has 0 aliphatic carbocycles. The lowest BCUT2D eigenvalue weighted by Crippen LogP contribution is -2.03. The Bertz CT molecular complexity index is 649. The van der Waals surface area contributed by atoms with Crippen LogP contribution in [-0.4, -0.2) is 5.97 Å². The molecule has 0 unspecified atom stereocenters. The molecule has 5 heteroatoms. The third-order valence-corrected chi connectivity index (χ3v) is 3.17. The average Bonchev–Trinajstić information content (AvgIpc) is 2.41. The van der Waals surface area contributed by atoms with E-state index in [-0.39, 0.29) is 10.8 Å². The minimum atomic E-state index is -0.524. The average molecular weight is 328 g/mol. The van der Waals surface area contributed by atoms with E-state index in [0.717, 1.165) is 5.56 Å². The number of carbonyl (C=O) groups is 1. The van der Waals surface area contributed by atoms with Crippen molar-refractivity contribution in [3.63, 3.8) is 0 Å². The second kappa shape index (κ2) is 6.80. The molecule has 0 amide bonds. The molecule has 20 heavy (non-hydrogen) atoms. The third kappa shape index (κ3) is 4.27. The zero-order chi connectivity index (χ0) is 14.5. The first-order valence-corrected chi connectivity index (χ1v) is 6.78. The lowest BCUT2D eigenvalue weighted by atomic mass is 10.2. The number of ether oxygens (including phenoxy) is 1. The van der Waals surface area contributed by atoms with Gasteiger partial charge in [-0.2, -0.15) is 0 Å². The summed E-state index contributed by atoms with van der Waals surface area (Å²) in [4.78, 5) is 11.7. The van der Waals surface area contributed by atoms with Crippen molar-refractivity contribution in [2.45, 2.75) is 0 Å². The van der Waals surface area contributed by atoms with Crippen LogP contribution in [0.1, 0.15) is 5.56 Å². The van der Waals surface area contributed by atoms with Gasteiger partial charge in [-0.15, -0.1) is 0 Å². The lowest BCUT2D eigenvalue weighted by Gasteiger charge is -2.03. The molecule has 2 nitrogen and oxygen atoms in total. The van der Waals surface area contributed by atoms with E-state index in [4.69, 9.17) is 39.5 Å². The summed E-state index contributed by atoms with van der Waals surface area (Å²) in [6, 6.07) is 11.7. The van der Waals surface area contributed by atoms with Crippen LogP contribution in [0.5, 0.6) is 5.75 Å². The first kappa shape index (κ1) is 14.9. The van der Waals surface area contributed by atoms with E-state index in [9.17, 15) is 4.79 Å². The Hall–Kier alpha value is -1.48. The fourth-order valence-electron chi connectivity index (χ4n) is 1.44. The molecule has 2 aromatic carbocycles. The third-order valence-electron chi connectivity index (χ3n) is 2.39. The Morgan fingerprint density at radius 3 is 2.25 bits per heavy atom. The summed E-state index contributed by atoms with van der Waals surface area (Å²) in [5, 5.41) is 1.40. The monoisotopic (exact) mass is 326 g/mol. The largest absolute Gasteiger partial charge is 0.422 e. The molecule has 0 radical (unpaired) electrons. The molecular weight excluding hydrogens is 319 g/mol. The molecule has 0 saturated carbocycles. The van der Waals surface area contributed by atoms with E-state index in [2.05, 4.69) is 0 Å². The zero-order valence-electron chi connectivity index (χ0n) is 10.1. The number of benzene rings is 2. The SMILES string of the molecule is O=C(C=Cc1ccc(Cl)cc1)Oc1ccc(Cl)cc1Cl. The van der Waals surface area contributed by atoms with Crippen LogP contribution in [0.25, 0.3) is 6.08 Å². The smallest absolute Gasteiger partial charge is 0.336 e. The van der Waals surface area contributed by atoms with Gasteiger partial charge < -0.3 is 4.74 Å². The molecule has 0 atom stereocenters. The van der Waals surface area contributed by atoms with Crippen molar-refractivity contribution >= 4 is 46.8 Å². The van der Waals surface area contributed by atoms with E-state index in [1.165, 1.54) is 12.1 Å². The maximum atomic E-state index is 11.7. The molecular formula is C15H9Cl3O2. The highest BCUT2D eigenvalue weighted by molar-refractivity contribution is 6.35. The summed E-state index contributed by atoms with van der Waals surface area (Å²) in [6.45, 7) is 0.